The highest BCUT2D eigenvalue weighted by Gasteiger charge is 2.23. The monoisotopic (exact) mass is 260 g/mol. The number of nitrogens with zero attached hydrogens (tertiary/aromatic N) is 1. The summed E-state index contributed by atoms with van der Waals surface area (Å²) < 4.78 is 0. The smallest absolute Gasteiger partial charge is 0.0427 e. The molecule has 1 aromatic carbocycles. The van der Waals surface area contributed by atoms with Gasteiger partial charge in [-0.25, -0.2) is 0 Å². The number of rotatable bonds is 5. The Morgan fingerprint density at radius 2 is 1.95 bits per heavy atom. The van der Waals surface area contributed by atoms with Gasteiger partial charge in [0.2, 0.25) is 0 Å². The number of hydrogen-bond donors (Lipinski definition) is 1. The van der Waals surface area contributed by atoms with Crippen molar-refractivity contribution in [3.05, 3.63) is 34.9 Å². The molecular formula is C17H28N2. The number of benzene rings is 1. The molecule has 0 aliphatic heterocycles. The minimum Gasteiger partial charge on any atom is -0.323 e. The van der Waals surface area contributed by atoms with Crippen LogP contribution in [0.1, 0.15) is 55.3 Å². The largest absolute Gasteiger partial charge is 0.323 e. The van der Waals surface area contributed by atoms with E-state index in [0.717, 1.165) is 19.1 Å². The second kappa shape index (κ2) is 6.53. The van der Waals surface area contributed by atoms with E-state index in [-0.39, 0.29) is 6.04 Å². The molecule has 0 saturated heterocycles. The molecule has 2 heteroatoms. The summed E-state index contributed by atoms with van der Waals surface area (Å²) in [5.74, 6) is 0. The van der Waals surface area contributed by atoms with Gasteiger partial charge in [0.25, 0.3) is 0 Å². The Kier molecular flexibility index (Phi) is 5.00. The van der Waals surface area contributed by atoms with Crippen LogP contribution in [0.4, 0.5) is 0 Å². The zero-order valence-electron chi connectivity index (χ0n) is 12.7. The van der Waals surface area contributed by atoms with E-state index in [9.17, 15) is 0 Å². The van der Waals surface area contributed by atoms with E-state index in [1.54, 1.807) is 0 Å². The van der Waals surface area contributed by atoms with Gasteiger partial charge in [0.1, 0.15) is 0 Å². The Bertz CT molecular complexity index is 408. The second-order valence-corrected chi connectivity index (χ2v) is 5.99. The van der Waals surface area contributed by atoms with E-state index >= 15 is 0 Å². The first-order valence-electron chi connectivity index (χ1n) is 7.68. The van der Waals surface area contributed by atoms with Gasteiger partial charge in [0.05, 0.1) is 0 Å². The van der Waals surface area contributed by atoms with E-state index in [4.69, 9.17) is 5.73 Å². The van der Waals surface area contributed by atoms with Crippen LogP contribution in [0.15, 0.2) is 18.2 Å². The molecule has 2 N–H and O–H groups in total. The van der Waals surface area contributed by atoms with Crippen molar-refractivity contribution in [1.82, 2.24) is 4.90 Å². The molecule has 2 nitrogen and oxygen atoms in total. The van der Waals surface area contributed by atoms with Crippen molar-refractivity contribution in [2.45, 2.75) is 58.5 Å². The summed E-state index contributed by atoms with van der Waals surface area (Å²) in [5.41, 5.74) is 10.4. The lowest BCUT2D eigenvalue weighted by Gasteiger charge is -2.30. The first-order chi connectivity index (χ1) is 9.11. The molecule has 1 atom stereocenters. The Labute approximate surface area is 118 Å². The summed E-state index contributed by atoms with van der Waals surface area (Å²) in [6.07, 6.45) is 5.49. The maximum atomic E-state index is 6.45. The predicted octanol–water partition coefficient (Wildman–Crippen LogP) is 3.57. The Hall–Kier alpha value is -0.860. The molecule has 0 aromatic heterocycles. The van der Waals surface area contributed by atoms with Crippen LogP contribution >= 0.6 is 0 Å². The molecular weight excluding hydrogens is 232 g/mol. The van der Waals surface area contributed by atoms with Crippen LogP contribution in [0.2, 0.25) is 0 Å². The molecule has 0 amide bonds. The van der Waals surface area contributed by atoms with Crippen molar-refractivity contribution in [3.8, 4) is 0 Å². The summed E-state index contributed by atoms with van der Waals surface area (Å²) in [6.45, 7) is 8.68. The topological polar surface area (TPSA) is 29.3 Å². The molecule has 1 aliphatic carbocycles. The van der Waals surface area contributed by atoms with E-state index in [0.29, 0.717) is 0 Å². The number of nitrogens with two attached hydrogens (primary N) is 1. The highest BCUT2D eigenvalue weighted by Crippen LogP contribution is 2.25. The van der Waals surface area contributed by atoms with Crippen LogP contribution in [-0.4, -0.2) is 24.0 Å². The summed E-state index contributed by atoms with van der Waals surface area (Å²) in [4.78, 5) is 2.58. The van der Waals surface area contributed by atoms with Gasteiger partial charge in [-0.1, -0.05) is 43.5 Å². The van der Waals surface area contributed by atoms with Crippen molar-refractivity contribution in [2.75, 3.05) is 13.1 Å². The molecule has 106 valence electrons. The van der Waals surface area contributed by atoms with Crippen LogP contribution in [0.5, 0.6) is 0 Å². The lowest BCUT2D eigenvalue weighted by molar-refractivity contribution is 0.196. The van der Waals surface area contributed by atoms with Gasteiger partial charge in [-0.3, -0.25) is 4.90 Å². The zero-order valence-corrected chi connectivity index (χ0v) is 12.7. The van der Waals surface area contributed by atoms with Crippen LogP contribution in [0, 0.1) is 13.8 Å². The van der Waals surface area contributed by atoms with Crippen molar-refractivity contribution in [2.24, 2.45) is 5.73 Å². The zero-order chi connectivity index (χ0) is 13.8. The van der Waals surface area contributed by atoms with Crippen molar-refractivity contribution < 1.29 is 0 Å². The average Bonchev–Trinajstić information content (AvgIpc) is 2.89. The van der Waals surface area contributed by atoms with Crippen molar-refractivity contribution in [3.63, 3.8) is 0 Å². The Balaban J connectivity index is 2.04. The van der Waals surface area contributed by atoms with Gasteiger partial charge in [-0.05, 0) is 44.4 Å². The van der Waals surface area contributed by atoms with Gasteiger partial charge < -0.3 is 5.73 Å². The molecule has 1 fully saturated rings. The fraction of sp³-hybridized carbons (Fsp3) is 0.647. The second-order valence-electron chi connectivity index (χ2n) is 5.99. The minimum absolute atomic E-state index is 0.140. The first-order valence-corrected chi connectivity index (χ1v) is 7.68. The average molecular weight is 260 g/mol. The molecule has 1 unspecified atom stereocenters. The van der Waals surface area contributed by atoms with Gasteiger partial charge in [0.15, 0.2) is 0 Å². The highest BCUT2D eigenvalue weighted by molar-refractivity contribution is 5.32. The van der Waals surface area contributed by atoms with Crippen LogP contribution < -0.4 is 5.73 Å². The molecule has 19 heavy (non-hydrogen) atoms. The molecule has 0 radical (unpaired) electrons. The van der Waals surface area contributed by atoms with Crippen molar-refractivity contribution >= 4 is 0 Å². The normalized spacial score (nSPS) is 18.2. The van der Waals surface area contributed by atoms with E-state index in [1.165, 1.54) is 42.4 Å². The van der Waals surface area contributed by atoms with E-state index in [2.05, 4.69) is 43.9 Å². The molecule has 0 heterocycles. The summed E-state index contributed by atoms with van der Waals surface area (Å²) in [5, 5.41) is 0. The lowest BCUT2D eigenvalue weighted by atomic mass is 9.99. The molecule has 0 bridgehead atoms. The lowest BCUT2D eigenvalue weighted by Crippen LogP contribution is -2.38. The maximum Gasteiger partial charge on any atom is 0.0427 e. The number of likely N-dealkylation sites (N-methyl/N-ethyl adjacent to an activating group) is 1. The highest BCUT2D eigenvalue weighted by atomic mass is 15.2. The quantitative estimate of drug-likeness (QED) is 0.877. The van der Waals surface area contributed by atoms with E-state index in [1.807, 2.05) is 0 Å². The minimum atomic E-state index is 0.140. The third-order valence-corrected chi connectivity index (χ3v) is 4.50. The van der Waals surface area contributed by atoms with Gasteiger partial charge in [0, 0.05) is 18.6 Å². The molecule has 0 spiro atoms. The SMILES string of the molecule is CCN(CC(N)c1ccc(C)cc1C)C1CCCC1. The third-order valence-electron chi connectivity index (χ3n) is 4.50. The van der Waals surface area contributed by atoms with E-state index < -0.39 is 0 Å². The first kappa shape index (κ1) is 14.5. The van der Waals surface area contributed by atoms with Crippen LogP contribution in [0.3, 0.4) is 0 Å². The van der Waals surface area contributed by atoms with Crippen molar-refractivity contribution in [1.29, 1.82) is 0 Å². The summed E-state index contributed by atoms with van der Waals surface area (Å²) >= 11 is 0. The van der Waals surface area contributed by atoms with Gasteiger partial charge in [-0.2, -0.15) is 0 Å². The number of hydrogen-bond acceptors (Lipinski definition) is 2. The van der Waals surface area contributed by atoms with Crippen LogP contribution in [-0.2, 0) is 0 Å². The molecule has 1 saturated carbocycles. The third kappa shape index (κ3) is 3.58. The number of aryl methyl sites for hydroxylation is 2. The Morgan fingerprint density at radius 1 is 1.26 bits per heavy atom. The van der Waals surface area contributed by atoms with Gasteiger partial charge in [-0.15, -0.1) is 0 Å². The standard InChI is InChI=1S/C17H28N2/c1-4-19(15-7-5-6-8-15)12-17(18)16-10-9-13(2)11-14(16)3/h9-11,15,17H,4-8,12,18H2,1-3H3. The summed E-state index contributed by atoms with van der Waals surface area (Å²) in [7, 11) is 0. The van der Waals surface area contributed by atoms with Crippen LogP contribution in [0.25, 0.3) is 0 Å². The maximum absolute atomic E-state index is 6.45. The fourth-order valence-electron chi connectivity index (χ4n) is 3.40. The van der Waals surface area contributed by atoms with Gasteiger partial charge >= 0.3 is 0 Å². The Morgan fingerprint density at radius 3 is 2.53 bits per heavy atom. The predicted molar refractivity (Wildman–Crippen MR) is 82.3 cm³/mol. The fourth-order valence-corrected chi connectivity index (χ4v) is 3.40. The summed E-state index contributed by atoms with van der Waals surface area (Å²) in [6, 6.07) is 7.52. The molecule has 2 rings (SSSR count). The molecule has 1 aromatic rings. The molecule has 1 aliphatic rings.